The van der Waals surface area contributed by atoms with Crippen molar-refractivity contribution in [2.75, 3.05) is 11.2 Å². The third-order valence-electron chi connectivity index (χ3n) is 2.70. The zero-order chi connectivity index (χ0) is 11.8. The predicted molar refractivity (Wildman–Crippen MR) is 64.0 cm³/mol. The molecular weight excluding hydrogens is 226 g/mol. The van der Waals surface area contributed by atoms with Gasteiger partial charge in [-0.3, -0.25) is 5.32 Å². The Balaban J connectivity index is 2.44. The lowest BCUT2D eigenvalue weighted by Gasteiger charge is -2.32. The van der Waals surface area contributed by atoms with E-state index in [0.29, 0.717) is 5.88 Å². The predicted octanol–water partition coefficient (Wildman–Crippen LogP) is 3.27. The van der Waals surface area contributed by atoms with Gasteiger partial charge in [-0.1, -0.05) is 6.07 Å². The van der Waals surface area contributed by atoms with Gasteiger partial charge in [0.05, 0.1) is 5.69 Å². The maximum absolute atomic E-state index is 11.3. The van der Waals surface area contributed by atoms with E-state index in [1.165, 1.54) is 0 Å². The number of cyclic esters (lactones) is 1. The molecule has 0 saturated carbocycles. The van der Waals surface area contributed by atoms with Crippen LogP contribution in [0.2, 0.25) is 0 Å². The van der Waals surface area contributed by atoms with Crippen LogP contribution < -0.4 is 5.32 Å². The van der Waals surface area contributed by atoms with E-state index >= 15 is 0 Å². The summed E-state index contributed by atoms with van der Waals surface area (Å²) >= 11 is 5.71. The second-order valence-corrected chi connectivity index (χ2v) is 4.72. The standard InChI is InChI=1S/C12H14ClNO2/c1-12(2)9-7-8(5-6-13)3-4-10(9)14-11(15)16-12/h3-4,7H,5-6H2,1-2H3,(H,14,15). The number of ether oxygens (including phenoxy) is 1. The van der Waals surface area contributed by atoms with Crippen LogP contribution in [0.1, 0.15) is 25.0 Å². The third kappa shape index (κ3) is 2.00. The molecule has 3 nitrogen and oxygen atoms in total. The van der Waals surface area contributed by atoms with Gasteiger partial charge >= 0.3 is 6.09 Å². The van der Waals surface area contributed by atoms with Gasteiger partial charge in [0.25, 0.3) is 0 Å². The first-order valence-electron chi connectivity index (χ1n) is 5.22. The molecule has 0 radical (unpaired) electrons. The smallest absolute Gasteiger partial charge is 0.412 e. The molecule has 1 amide bonds. The molecule has 0 unspecified atom stereocenters. The van der Waals surface area contributed by atoms with Gasteiger partial charge in [0, 0.05) is 11.4 Å². The van der Waals surface area contributed by atoms with Crippen LogP contribution in [0.15, 0.2) is 18.2 Å². The van der Waals surface area contributed by atoms with Gasteiger partial charge in [-0.25, -0.2) is 4.79 Å². The zero-order valence-electron chi connectivity index (χ0n) is 9.34. The molecule has 86 valence electrons. The van der Waals surface area contributed by atoms with Crippen molar-refractivity contribution in [3.63, 3.8) is 0 Å². The van der Waals surface area contributed by atoms with E-state index in [1.807, 2.05) is 32.0 Å². The first kappa shape index (κ1) is 11.3. The molecule has 1 aromatic rings. The van der Waals surface area contributed by atoms with Gasteiger partial charge in [0.15, 0.2) is 0 Å². The summed E-state index contributed by atoms with van der Waals surface area (Å²) in [6, 6.07) is 5.92. The Kier molecular flexibility index (Phi) is 2.80. The highest BCUT2D eigenvalue weighted by molar-refractivity contribution is 6.18. The highest BCUT2D eigenvalue weighted by Crippen LogP contribution is 2.35. The summed E-state index contributed by atoms with van der Waals surface area (Å²) in [5.74, 6) is 0.590. The lowest BCUT2D eigenvalue weighted by molar-refractivity contribution is 0.0420. The number of amides is 1. The summed E-state index contributed by atoms with van der Waals surface area (Å²) in [6.45, 7) is 3.77. The van der Waals surface area contributed by atoms with Crippen molar-refractivity contribution in [2.24, 2.45) is 0 Å². The van der Waals surface area contributed by atoms with Crippen LogP contribution in [-0.2, 0) is 16.8 Å². The van der Waals surface area contributed by atoms with Crippen LogP contribution >= 0.6 is 11.6 Å². The maximum Gasteiger partial charge on any atom is 0.412 e. The zero-order valence-corrected chi connectivity index (χ0v) is 10.1. The fourth-order valence-corrected chi connectivity index (χ4v) is 2.10. The molecule has 0 bridgehead atoms. The molecule has 0 spiro atoms. The number of hydrogen-bond acceptors (Lipinski definition) is 2. The van der Waals surface area contributed by atoms with Gasteiger partial charge in [-0.05, 0) is 38.0 Å². The molecule has 1 aliphatic rings. The summed E-state index contributed by atoms with van der Waals surface area (Å²) in [5.41, 5.74) is 2.39. The third-order valence-corrected chi connectivity index (χ3v) is 2.89. The van der Waals surface area contributed by atoms with Crippen molar-refractivity contribution in [1.82, 2.24) is 0 Å². The van der Waals surface area contributed by atoms with Crippen LogP contribution in [0.25, 0.3) is 0 Å². The summed E-state index contributed by atoms with van der Waals surface area (Å²) in [7, 11) is 0. The number of carbonyl (C=O) groups excluding carboxylic acids is 1. The Bertz CT molecular complexity index is 429. The van der Waals surface area contributed by atoms with Crippen molar-refractivity contribution >= 4 is 23.4 Å². The molecule has 16 heavy (non-hydrogen) atoms. The van der Waals surface area contributed by atoms with Crippen LogP contribution in [-0.4, -0.2) is 12.0 Å². The van der Waals surface area contributed by atoms with Crippen LogP contribution in [0, 0.1) is 0 Å². The van der Waals surface area contributed by atoms with E-state index < -0.39 is 11.7 Å². The lowest BCUT2D eigenvalue weighted by Crippen LogP contribution is -2.34. The molecule has 1 N–H and O–H groups in total. The Morgan fingerprint density at radius 3 is 2.88 bits per heavy atom. The molecular formula is C12H14ClNO2. The fraction of sp³-hybridized carbons (Fsp3) is 0.417. The Labute approximate surface area is 99.7 Å². The van der Waals surface area contributed by atoms with Crippen molar-refractivity contribution in [2.45, 2.75) is 25.9 Å². The number of benzene rings is 1. The number of fused-ring (bicyclic) bond motifs is 1. The molecule has 1 aromatic carbocycles. The number of aryl methyl sites for hydroxylation is 1. The second kappa shape index (κ2) is 3.98. The minimum Gasteiger partial charge on any atom is -0.438 e. The van der Waals surface area contributed by atoms with E-state index in [1.54, 1.807) is 0 Å². The number of carbonyl (C=O) groups is 1. The number of alkyl halides is 1. The molecule has 1 aliphatic heterocycles. The largest absolute Gasteiger partial charge is 0.438 e. The monoisotopic (exact) mass is 239 g/mol. The first-order chi connectivity index (χ1) is 7.53. The van der Waals surface area contributed by atoms with Crippen LogP contribution in [0.3, 0.4) is 0 Å². The fourth-order valence-electron chi connectivity index (χ4n) is 1.89. The molecule has 0 aromatic heterocycles. The molecule has 1 heterocycles. The Morgan fingerprint density at radius 2 is 2.19 bits per heavy atom. The van der Waals surface area contributed by atoms with E-state index in [0.717, 1.165) is 23.2 Å². The summed E-state index contributed by atoms with van der Waals surface area (Å²) < 4.78 is 5.25. The molecule has 0 saturated heterocycles. The first-order valence-corrected chi connectivity index (χ1v) is 5.76. The number of rotatable bonds is 2. The highest BCUT2D eigenvalue weighted by atomic mass is 35.5. The molecule has 0 aliphatic carbocycles. The topological polar surface area (TPSA) is 38.3 Å². The molecule has 0 atom stereocenters. The number of anilines is 1. The Morgan fingerprint density at radius 1 is 1.44 bits per heavy atom. The van der Waals surface area contributed by atoms with Crippen molar-refractivity contribution in [3.8, 4) is 0 Å². The quantitative estimate of drug-likeness (QED) is 0.805. The van der Waals surface area contributed by atoms with E-state index in [9.17, 15) is 4.79 Å². The van der Waals surface area contributed by atoms with Crippen LogP contribution in [0.4, 0.5) is 10.5 Å². The van der Waals surface area contributed by atoms with Crippen LogP contribution in [0.5, 0.6) is 0 Å². The van der Waals surface area contributed by atoms with E-state index in [2.05, 4.69) is 5.32 Å². The van der Waals surface area contributed by atoms with E-state index in [4.69, 9.17) is 16.3 Å². The second-order valence-electron chi connectivity index (χ2n) is 4.34. The molecule has 4 heteroatoms. The molecule has 0 fully saturated rings. The number of hydrogen-bond donors (Lipinski definition) is 1. The number of halogens is 1. The SMILES string of the molecule is CC1(C)OC(=O)Nc2ccc(CCCl)cc21. The van der Waals surface area contributed by atoms with Crippen molar-refractivity contribution in [3.05, 3.63) is 29.3 Å². The summed E-state index contributed by atoms with van der Waals surface area (Å²) in [6.07, 6.45) is 0.418. The molecule has 2 rings (SSSR count). The van der Waals surface area contributed by atoms with Gasteiger partial charge in [0.2, 0.25) is 0 Å². The highest BCUT2D eigenvalue weighted by Gasteiger charge is 2.33. The minimum absolute atomic E-state index is 0.400. The van der Waals surface area contributed by atoms with Gasteiger partial charge in [0.1, 0.15) is 5.60 Å². The van der Waals surface area contributed by atoms with Crippen molar-refractivity contribution < 1.29 is 9.53 Å². The van der Waals surface area contributed by atoms with E-state index in [-0.39, 0.29) is 0 Å². The Hall–Kier alpha value is -1.22. The van der Waals surface area contributed by atoms with Gasteiger partial charge in [-0.15, -0.1) is 11.6 Å². The summed E-state index contributed by atoms with van der Waals surface area (Å²) in [4.78, 5) is 11.3. The average Bonchev–Trinajstić information content (AvgIpc) is 2.18. The normalized spacial score (nSPS) is 17.3. The van der Waals surface area contributed by atoms with Gasteiger partial charge in [-0.2, -0.15) is 0 Å². The minimum atomic E-state index is -0.583. The average molecular weight is 240 g/mol. The van der Waals surface area contributed by atoms with Crippen molar-refractivity contribution in [1.29, 1.82) is 0 Å². The number of nitrogens with one attached hydrogen (secondary N) is 1. The van der Waals surface area contributed by atoms with Gasteiger partial charge < -0.3 is 4.74 Å². The summed E-state index contributed by atoms with van der Waals surface area (Å²) in [5, 5.41) is 2.69. The maximum atomic E-state index is 11.3. The lowest BCUT2D eigenvalue weighted by atomic mass is 9.92.